The smallest absolute Gasteiger partial charge is 0.333 e. The van der Waals surface area contributed by atoms with Gasteiger partial charge in [-0.2, -0.15) is 8.42 Å². The van der Waals surface area contributed by atoms with Gasteiger partial charge in [-0.3, -0.25) is 8.75 Å². The molecule has 3 rings (SSSR count). The van der Waals surface area contributed by atoms with Gasteiger partial charge in [0.2, 0.25) is 0 Å². The van der Waals surface area contributed by atoms with Gasteiger partial charge in [0.25, 0.3) is 0 Å². The molecule has 0 amide bonds. The highest BCUT2D eigenvalue weighted by atomic mass is 32.2. The fraction of sp³-hybridized carbons (Fsp3) is 0.643. The summed E-state index contributed by atoms with van der Waals surface area (Å²) in [4.78, 5) is 12.9. The van der Waals surface area contributed by atoms with E-state index in [-0.39, 0.29) is 13.0 Å². The largest absolute Gasteiger partial charge is 0.390 e. The van der Waals surface area contributed by atoms with Gasteiger partial charge in [0.1, 0.15) is 24.2 Å². The van der Waals surface area contributed by atoms with Crippen LogP contribution in [0, 0.1) is 0 Å². The first-order chi connectivity index (χ1) is 11.9. The van der Waals surface area contributed by atoms with Crippen LogP contribution in [0.25, 0.3) is 11.2 Å². The first-order valence-corrected chi connectivity index (χ1v) is 9.53. The Morgan fingerprint density at radius 1 is 1.44 bits per heavy atom. The van der Waals surface area contributed by atoms with Crippen LogP contribution in [0.3, 0.4) is 0 Å². The normalized spacial score (nSPS) is 24.2. The predicted molar refractivity (Wildman–Crippen MR) is 87.5 cm³/mol. The summed E-state index contributed by atoms with van der Waals surface area (Å²) in [5.41, 5.74) is 2.20. The maximum absolute atomic E-state index is 10.9. The van der Waals surface area contributed by atoms with Gasteiger partial charge in [-0.15, -0.1) is 0 Å². The van der Waals surface area contributed by atoms with Crippen LogP contribution in [0.5, 0.6) is 0 Å². The fourth-order valence-corrected chi connectivity index (χ4v) is 3.16. The lowest BCUT2D eigenvalue weighted by Crippen LogP contribution is -2.30. The Kier molecular flexibility index (Phi) is 5.29. The third-order valence-corrected chi connectivity index (χ3v) is 4.58. The van der Waals surface area contributed by atoms with Crippen LogP contribution in [0.4, 0.5) is 0 Å². The Hall–Kier alpha value is -1.66. The molecule has 0 aliphatic carbocycles. The van der Waals surface area contributed by atoms with Crippen molar-refractivity contribution in [2.75, 3.05) is 6.61 Å². The number of ether oxygens (including phenoxy) is 1. The number of hydrogen-bond acceptors (Lipinski definition) is 8. The summed E-state index contributed by atoms with van der Waals surface area (Å²) in [6, 6.07) is 0. The molecule has 1 aliphatic rings. The fourth-order valence-electron chi connectivity index (χ4n) is 2.84. The van der Waals surface area contributed by atoms with E-state index >= 15 is 0 Å². The molecular formula is C14H21N5O5S. The second-order valence-electron chi connectivity index (χ2n) is 5.96. The van der Waals surface area contributed by atoms with E-state index in [0.29, 0.717) is 11.2 Å². The standard InChI is InChI=1S/C14H21N5O5S/c1-2-3-4-9-13-14(17-7-16-9)19(8-18-13)12-5-10(20)11(24-12)6-23-25(15,21)22/h7-8,10-12,20H,2-6H2,1H3,(H2,15,21,22)/t10-,11+,12+/m0/s1. The van der Waals surface area contributed by atoms with E-state index in [1.54, 1.807) is 10.9 Å². The van der Waals surface area contributed by atoms with E-state index in [1.165, 1.54) is 6.33 Å². The molecule has 0 saturated carbocycles. The van der Waals surface area contributed by atoms with E-state index in [1.807, 2.05) is 0 Å². The van der Waals surface area contributed by atoms with Gasteiger partial charge < -0.3 is 9.84 Å². The van der Waals surface area contributed by atoms with Crippen LogP contribution in [-0.4, -0.2) is 51.9 Å². The Balaban J connectivity index is 1.78. The molecule has 0 aromatic carbocycles. The first kappa shape index (κ1) is 18.1. The number of aryl methyl sites for hydroxylation is 1. The van der Waals surface area contributed by atoms with Crippen molar-refractivity contribution in [1.29, 1.82) is 0 Å². The molecule has 25 heavy (non-hydrogen) atoms. The molecule has 0 bridgehead atoms. The van der Waals surface area contributed by atoms with Crippen molar-refractivity contribution < 1.29 is 22.4 Å². The van der Waals surface area contributed by atoms with Crippen LogP contribution in [0.1, 0.15) is 38.1 Å². The minimum absolute atomic E-state index is 0.262. The van der Waals surface area contributed by atoms with Crippen molar-refractivity contribution in [1.82, 2.24) is 19.5 Å². The minimum atomic E-state index is -4.09. The maximum atomic E-state index is 10.9. The molecule has 1 aliphatic heterocycles. The summed E-state index contributed by atoms with van der Waals surface area (Å²) < 4.78 is 33.7. The highest BCUT2D eigenvalue weighted by Crippen LogP contribution is 2.31. The Morgan fingerprint density at radius 2 is 2.24 bits per heavy atom. The lowest BCUT2D eigenvalue weighted by atomic mass is 10.2. The van der Waals surface area contributed by atoms with E-state index in [4.69, 9.17) is 9.88 Å². The number of aliphatic hydroxyl groups is 1. The summed E-state index contributed by atoms with van der Waals surface area (Å²) >= 11 is 0. The number of fused-ring (bicyclic) bond motifs is 1. The third-order valence-electron chi connectivity index (χ3n) is 4.11. The van der Waals surface area contributed by atoms with Crippen LogP contribution in [0.2, 0.25) is 0 Å². The number of imidazole rings is 1. The van der Waals surface area contributed by atoms with Crippen molar-refractivity contribution in [3.05, 3.63) is 18.3 Å². The van der Waals surface area contributed by atoms with Gasteiger partial charge in [0, 0.05) is 6.42 Å². The number of aromatic nitrogens is 4. The Morgan fingerprint density at radius 3 is 2.96 bits per heavy atom. The summed E-state index contributed by atoms with van der Waals surface area (Å²) in [6.07, 6.45) is 3.99. The van der Waals surface area contributed by atoms with Crippen molar-refractivity contribution in [3.8, 4) is 0 Å². The molecule has 3 N–H and O–H groups in total. The number of hydrogen-bond donors (Lipinski definition) is 2. The highest BCUT2D eigenvalue weighted by Gasteiger charge is 2.36. The second-order valence-corrected chi connectivity index (χ2v) is 7.18. The average Bonchev–Trinajstić information content (AvgIpc) is 3.13. The molecule has 2 aromatic heterocycles. The second kappa shape index (κ2) is 7.30. The minimum Gasteiger partial charge on any atom is -0.390 e. The third kappa shape index (κ3) is 4.12. The number of unbranched alkanes of at least 4 members (excludes halogenated alkanes) is 1. The van der Waals surface area contributed by atoms with E-state index in [2.05, 4.69) is 26.1 Å². The zero-order valence-corrected chi connectivity index (χ0v) is 14.6. The van der Waals surface area contributed by atoms with Crippen LogP contribution in [-0.2, 0) is 25.6 Å². The SMILES string of the molecule is CCCCc1ncnc2c1ncn2[C@H]1C[C@H](O)[C@@H](COS(N)(=O)=O)O1. The van der Waals surface area contributed by atoms with Crippen molar-refractivity contribution in [3.63, 3.8) is 0 Å². The summed E-state index contributed by atoms with van der Waals surface area (Å²) in [5, 5.41) is 14.9. The monoisotopic (exact) mass is 371 g/mol. The van der Waals surface area contributed by atoms with Crippen LogP contribution < -0.4 is 5.14 Å². The molecule has 11 heteroatoms. The molecular weight excluding hydrogens is 350 g/mol. The van der Waals surface area contributed by atoms with Gasteiger partial charge in [-0.1, -0.05) is 13.3 Å². The number of rotatable bonds is 7. The molecule has 0 spiro atoms. The highest BCUT2D eigenvalue weighted by molar-refractivity contribution is 7.84. The number of nitrogens with two attached hydrogens (primary N) is 1. The quantitative estimate of drug-likeness (QED) is 0.694. The first-order valence-electron chi connectivity index (χ1n) is 8.06. The van der Waals surface area contributed by atoms with E-state index < -0.39 is 28.7 Å². The van der Waals surface area contributed by atoms with Crippen LogP contribution in [0.15, 0.2) is 12.7 Å². The molecule has 1 saturated heterocycles. The van der Waals surface area contributed by atoms with Gasteiger partial charge in [0.15, 0.2) is 5.65 Å². The summed E-state index contributed by atoms with van der Waals surface area (Å²) in [7, 11) is -4.09. The van der Waals surface area contributed by atoms with Gasteiger partial charge in [0.05, 0.1) is 24.7 Å². The van der Waals surface area contributed by atoms with E-state index in [0.717, 1.165) is 25.0 Å². The Bertz CT molecular complexity index is 839. The van der Waals surface area contributed by atoms with Gasteiger partial charge >= 0.3 is 10.3 Å². The Labute approximate surface area is 145 Å². The van der Waals surface area contributed by atoms with E-state index in [9.17, 15) is 13.5 Å². The molecule has 138 valence electrons. The van der Waals surface area contributed by atoms with Gasteiger partial charge in [-0.25, -0.2) is 20.1 Å². The molecule has 1 fully saturated rings. The lowest BCUT2D eigenvalue weighted by Gasteiger charge is -2.15. The number of nitrogens with zero attached hydrogens (tertiary/aromatic N) is 4. The predicted octanol–water partition coefficient (Wildman–Crippen LogP) is 0.0374. The number of aliphatic hydroxyl groups excluding tert-OH is 1. The van der Waals surface area contributed by atoms with Crippen molar-refractivity contribution in [2.24, 2.45) is 5.14 Å². The molecule has 3 atom stereocenters. The van der Waals surface area contributed by atoms with Crippen LogP contribution >= 0.6 is 0 Å². The van der Waals surface area contributed by atoms with Crippen molar-refractivity contribution in [2.45, 2.75) is 51.0 Å². The zero-order valence-electron chi connectivity index (χ0n) is 13.8. The molecule has 0 radical (unpaired) electrons. The van der Waals surface area contributed by atoms with Crippen molar-refractivity contribution >= 4 is 21.5 Å². The molecule has 2 aromatic rings. The summed E-state index contributed by atoms with van der Waals surface area (Å²) in [5.74, 6) is 0. The zero-order chi connectivity index (χ0) is 18.0. The molecule has 0 unspecified atom stereocenters. The maximum Gasteiger partial charge on any atom is 0.333 e. The lowest BCUT2D eigenvalue weighted by molar-refractivity contribution is -0.0371. The molecule has 10 nitrogen and oxygen atoms in total. The average molecular weight is 371 g/mol. The van der Waals surface area contributed by atoms with Gasteiger partial charge in [-0.05, 0) is 12.8 Å². The molecule has 3 heterocycles. The summed E-state index contributed by atoms with van der Waals surface area (Å²) in [6.45, 7) is 1.76. The topological polar surface area (TPSA) is 142 Å².